The van der Waals surface area contributed by atoms with Crippen molar-refractivity contribution >= 4 is 40.9 Å². The molecule has 9 heteroatoms. The molecule has 1 heterocycles. The molecule has 1 saturated carbocycles. The van der Waals surface area contributed by atoms with Gasteiger partial charge in [0.15, 0.2) is 10.9 Å². The summed E-state index contributed by atoms with van der Waals surface area (Å²) >= 11 is 5.95. The van der Waals surface area contributed by atoms with Gasteiger partial charge in [0.1, 0.15) is 5.82 Å². The number of nitrogens with two attached hydrogens (primary N) is 1. The molecule has 0 spiro atoms. The SMILES string of the molecule is Nc1cc(C2(SO)CC2)nc(-c2ccc(NC(=S)NCCO)cc2)n1. The second-order valence-corrected chi connectivity index (χ2v) is 7.14. The molecule has 132 valence electrons. The number of benzene rings is 1. The van der Waals surface area contributed by atoms with E-state index in [1.807, 2.05) is 24.3 Å². The van der Waals surface area contributed by atoms with Gasteiger partial charge in [-0.05, 0) is 49.3 Å². The van der Waals surface area contributed by atoms with Crippen molar-refractivity contribution in [2.24, 2.45) is 0 Å². The van der Waals surface area contributed by atoms with Crippen LogP contribution in [0, 0.1) is 0 Å². The van der Waals surface area contributed by atoms with Gasteiger partial charge in [-0.1, -0.05) is 0 Å². The van der Waals surface area contributed by atoms with Gasteiger partial charge in [-0.25, -0.2) is 9.97 Å². The molecule has 6 N–H and O–H groups in total. The lowest BCUT2D eigenvalue weighted by Crippen LogP contribution is -2.30. The summed E-state index contributed by atoms with van der Waals surface area (Å²) in [4.78, 5) is 8.88. The average molecular weight is 377 g/mol. The van der Waals surface area contributed by atoms with E-state index in [4.69, 9.17) is 23.1 Å². The Morgan fingerprint density at radius 1 is 1.28 bits per heavy atom. The third kappa shape index (κ3) is 4.18. The van der Waals surface area contributed by atoms with Crippen molar-refractivity contribution < 1.29 is 9.66 Å². The van der Waals surface area contributed by atoms with E-state index in [0.29, 0.717) is 23.3 Å². The number of nitrogen functional groups attached to an aromatic ring is 1. The summed E-state index contributed by atoms with van der Waals surface area (Å²) in [6.45, 7) is 0.415. The number of aliphatic hydroxyl groups is 1. The number of nitrogens with zero attached hydrogens (tertiary/aromatic N) is 2. The average Bonchev–Trinajstić information content (AvgIpc) is 3.41. The summed E-state index contributed by atoms with van der Waals surface area (Å²) in [6.07, 6.45) is 1.76. The number of thiocarbonyl (C=S) groups is 1. The van der Waals surface area contributed by atoms with Crippen molar-refractivity contribution in [3.05, 3.63) is 36.0 Å². The summed E-state index contributed by atoms with van der Waals surface area (Å²) in [7, 11) is 0. The second-order valence-electron chi connectivity index (χ2n) is 5.77. The van der Waals surface area contributed by atoms with Crippen molar-refractivity contribution in [3.8, 4) is 11.4 Å². The standard InChI is InChI=1S/C16H19N5O2S2/c17-13-9-12(16(25-23)5-6-16)20-14(21-13)10-1-3-11(4-2-10)19-15(24)18-7-8-22/h1-4,9,22-23H,5-8H2,(H2,17,20,21)(H2,18,19,24). The monoisotopic (exact) mass is 377 g/mol. The van der Waals surface area contributed by atoms with Crippen LogP contribution in [-0.2, 0) is 4.75 Å². The summed E-state index contributed by atoms with van der Waals surface area (Å²) in [5.41, 5.74) is 8.32. The molecule has 0 unspecified atom stereocenters. The summed E-state index contributed by atoms with van der Waals surface area (Å²) in [5, 5.41) is 15.1. The molecular formula is C16H19N5O2S2. The van der Waals surface area contributed by atoms with Gasteiger partial charge < -0.3 is 26.0 Å². The van der Waals surface area contributed by atoms with Gasteiger partial charge in [-0.15, -0.1) is 0 Å². The maximum absolute atomic E-state index is 9.52. The normalized spacial score (nSPS) is 14.8. The maximum Gasteiger partial charge on any atom is 0.170 e. The Balaban J connectivity index is 1.77. The number of nitrogens with one attached hydrogen (secondary N) is 2. The van der Waals surface area contributed by atoms with E-state index >= 15 is 0 Å². The van der Waals surface area contributed by atoms with E-state index in [2.05, 4.69) is 20.6 Å². The predicted molar refractivity (Wildman–Crippen MR) is 104 cm³/mol. The lowest BCUT2D eigenvalue weighted by atomic mass is 10.1. The van der Waals surface area contributed by atoms with Crippen molar-refractivity contribution in [1.82, 2.24) is 15.3 Å². The molecule has 1 aromatic heterocycles. The fourth-order valence-electron chi connectivity index (χ4n) is 2.38. The quantitative estimate of drug-likeness (QED) is 0.381. The Morgan fingerprint density at radius 3 is 2.60 bits per heavy atom. The van der Waals surface area contributed by atoms with Crippen molar-refractivity contribution in [1.29, 1.82) is 0 Å². The van der Waals surface area contributed by atoms with Gasteiger partial charge in [-0.3, -0.25) is 0 Å². The highest BCUT2D eigenvalue weighted by Crippen LogP contribution is 2.55. The first kappa shape index (κ1) is 17.9. The summed E-state index contributed by atoms with van der Waals surface area (Å²) in [5.74, 6) is 0.916. The van der Waals surface area contributed by atoms with Gasteiger partial charge in [0.25, 0.3) is 0 Å². The zero-order valence-electron chi connectivity index (χ0n) is 13.4. The molecule has 25 heavy (non-hydrogen) atoms. The Bertz CT molecular complexity index is 766. The Kier molecular flexibility index (Phi) is 5.38. The molecule has 1 aromatic carbocycles. The topological polar surface area (TPSA) is 116 Å². The first-order valence-corrected chi connectivity index (χ1v) is 8.98. The first-order chi connectivity index (χ1) is 12.1. The van der Waals surface area contributed by atoms with Gasteiger partial charge in [0.2, 0.25) is 0 Å². The number of aliphatic hydroxyl groups excluding tert-OH is 1. The first-order valence-electron chi connectivity index (χ1n) is 7.80. The van der Waals surface area contributed by atoms with Gasteiger partial charge in [0, 0.05) is 35.9 Å². The molecule has 0 bridgehead atoms. The highest BCUT2D eigenvalue weighted by molar-refractivity contribution is 7.95. The molecule has 3 rings (SSSR count). The number of hydrogen-bond donors (Lipinski definition) is 5. The van der Waals surface area contributed by atoms with E-state index in [1.54, 1.807) is 6.07 Å². The molecule has 1 aliphatic rings. The molecule has 0 radical (unpaired) electrons. The molecular weight excluding hydrogens is 358 g/mol. The van der Waals surface area contributed by atoms with Crippen molar-refractivity contribution in [2.45, 2.75) is 17.6 Å². The zero-order chi connectivity index (χ0) is 17.9. The van der Waals surface area contributed by atoms with Crippen LogP contribution in [0.4, 0.5) is 11.5 Å². The van der Waals surface area contributed by atoms with E-state index in [0.717, 1.165) is 41.8 Å². The van der Waals surface area contributed by atoms with E-state index in [9.17, 15) is 4.55 Å². The highest BCUT2D eigenvalue weighted by Gasteiger charge is 2.47. The third-order valence-corrected chi connectivity index (χ3v) is 5.10. The summed E-state index contributed by atoms with van der Waals surface area (Å²) < 4.78 is 9.18. The fraction of sp³-hybridized carbons (Fsp3) is 0.312. The minimum absolute atomic E-state index is 0.0173. The van der Waals surface area contributed by atoms with Crippen LogP contribution >= 0.6 is 24.3 Å². The Labute approximate surface area is 155 Å². The Hall–Kier alpha value is -1.94. The molecule has 7 nitrogen and oxygen atoms in total. The number of hydrogen-bond acceptors (Lipinski definition) is 7. The minimum atomic E-state index is -0.335. The van der Waals surface area contributed by atoms with Crippen LogP contribution in [0.25, 0.3) is 11.4 Å². The van der Waals surface area contributed by atoms with Crippen LogP contribution in [0.2, 0.25) is 0 Å². The van der Waals surface area contributed by atoms with Gasteiger partial charge in [-0.2, -0.15) is 0 Å². The van der Waals surface area contributed by atoms with Crippen molar-refractivity contribution in [2.75, 3.05) is 24.2 Å². The van der Waals surface area contributed by atoms with Crippen LogP contribution in [0.5, 0.6) is 0 Å². The van der Waals surface area contributed by atoms with Crippen molar-refractivity contribution in [3.63, 3.8) is 0 Å². The molecule has 0 aliphatic heterocycles. The van der Waals surface area contributed by atoms with Gasteiger partial charge >= 0.3 is 0 Å². The second kappa shape index (κ2) is 7.52. The van der Waals surface area contributed by atoms with Gasteiger partial charge in [0.05, 0.1) is 17.0 Å². The predicted octanol–water partition coefficient (Wildman–Crippen LogP) is 2.20. The lowest BCUT2D eigenvalue weighted by molar-refractivity contribution is 0.301. The fourth-order valence-corrected chi connectivity index (χ4v) is 3.09. The third-order valence-electron chi connectivity index (χ3n) is 3.89. The molecule has 1 fully saturated rings. The lowest BCUT2D eigenvalue weighted by Gasteiger charge is -2.13. The van der Waals surface area contributed by atoms with Crippen LogP contribution in [0.1, 0.15) is 18.5 Å². The number of anilines is 2. The molecule has 0 atom stereocenters. The smallest absolute Gasteiger partial charge is 0.170 e. The molecule has 2 aromatic rings. The summed E-state index contributed by atoms with van der Waals surface area (Å²) in [6, 6.07) is 9.20. The van der Waals surface area contributed by atoms with Crippen LogP contribution in [0.3, 0.4) is 0 Å². The van der Waals surface area contributed by atoms with E-state index < -0.39 is 0 Å². The molecule has 1 aliphatic carbocycles. The van der Waals surface area contributed by atoms with Crippen LogP contribution in [-0.4, -0.2) is 37.9 Å². The highest BCUT2D eigenvalue weighted by atomic mass is 32.2. The Morgan fingerprint density at radius 2 is 2.00 bits per heavy atom. The number of rotatable bonds is 6. The minimum Gasteiger partial charge on any atom is -0.395 e. The maximum atomic E-state index is 9.52. The van der Waals surface area contributed by atoms with E-state index in [-0.39, 0.29) is 11.4 Å². The van der Waals surface area contributed by atoms with Crippen LogP contribution in [0.15, 0.2) is 30.3 Å². The van der Waals surface area contributed by atoms with E-state index in [1.165, 1.54) is 0 Å². The molecule has 0 saturated heterocycles. The largest absolute Gasteiger partial charge is 0.395 e. The zero-order valence-corrected chi connectivity index (χ0v) is 15.0. The number of aromatic nitrogens is 2. The van der Waals surface area contributed by atoms with Crippen LogP contribution < -0.4 is 16.4 Å². The molecule has 0 amide bonds.